The molecule has 3 heteroatoms. The molecule has 1 rings (SSSR count). The molecule has 15 heavy (non-hydrogen) atoms. The van der Waals surface area contributed by atoms with E-state index in [1.807, 2.05) is 37.3 Å². The van der Waals surface area contributed by atoms with Crippen LogP contribution >= 0.6 is 0 Å². The molecule has 0 aliphatic heterocycles. The Kier molecular flexibility index (Phi) is 4.72. The van der Waals surface area contributed by atoms with E-state index in [0.29, 0.717) is 0 Å². The molecule has 0 saturated heterocycles. The Labute approximate surface area is 106 Å². The third-order valence-electron chi connectivity index (χ3n) is 2.69. The number of ether oxygens (including phenoxy) is 1. The van der Waals surface area contributed by atoms with Gasteiger partial charge in [0.25, 0.3) is 0 Å². The molecule has 0 aromatic heterocycles. The second kappa shape index (κ2) is 5.60. The van der Waals surface area contributed by atoms with Crippen LogP contribution in [0.3, 0.4) is 0 Å². The number of hydrogen-bond acceptors (Lipinski definition) is 2. The van der Waals surface area contributed by atoms with Crippen molar-refractivity contribution in [1.82, 2.24) is 0 Å². The average Bonchev–Trinajstić information content (AvgIpc) is 2.29. The fraction of sp³-hybridized carbons (Fsp3) is 0.417. The normalized spacial score (nSPS) is 14.3. The topological polar surface area (TPSA) is 26.3 Å². The van der Waals surface area contributed by atoms with E-state index in [0.717, 1.165) is 40.8 Å². The fourth-order valence-corrected chi connectivity index (χ4v) is 3.93. The summed E-state index contributed by atoms with van der Waals surface area (Å²) >= 11 is 0.919. The average molecular weight is 402 g/mol. The van der Waals surface area contributed by atoms with Crippen LogP contribution in [0.4, 0.5) is 0 Å². The summed E-state index contributed by atoms with van der Waals surface area (Å²) in [6, 6.07) is 9.88. The van der Waals surface area contributed by atoms with Gasteiger partial charge in [-0.15, -0.1) is 0 Å². The van der Waals surface area contributed by atoms with Gasteiger partial charge in [-0.25, -0.2) is 0 Å². The Balaban J connectivity index is 3.06. The van der Waals surface area contributed by atoms with Gasteiger partial charge in [0.2, 0.25) is 0 Å². The molecule has 0 bridgehead atoms. The Morgan fingerprint density at radius 1 is 1.40 bits per heavy atom. The molecule has 0 radical (unpaired) electrons. The molecular formula is C12H17BiO2. The number of carbonyl (C=O) groups excluding carboxylic acids is 1. The number of esters is 1. The number of rotatable bonds is 4. The first-order valence-electron chi connectivity index (χ1n) is 4.99. The summed E-state index contributed by atoms with van der Waals surface area (Å²) in [6.07, 6.45) is 0.883. The third-order valence-corrected chi connectivity index (χ3v) is 3.81. The molecule has 0 aliphatic rings. The first kappa shape index (κ1) is 12.6. The molecule has 1 atom stereocenters. The molecule has 1 aromatic carbocycles. The monoisotopic (exact) mass is 402 g/mol. The van der Waals surface area contributed by atoms with Gasteiger partial charge in [0.05, 0.1) is 0 Å². The summed E-state index contributed by atoms with van der Waals surface area (Å²) in [4.78, 5) is 11.8. The van der Waals surface area contributed by atoms with E-state index in [2.05, 4.69) is 0 Å². The first-order valence-corrected chi connectivity index (χ1v) is 8.16. The van der Waals surface area contributed by atoms with Crippen molar-refractivity contribution in [2.24, 2.45) is 0 Å². The summed E-state index contributed by atoms with van der Waals surface area (Å²) in [5.74, 6) is -0.130. The SMILES string of the molecule is COC(=O)C(C)(C[CH2][BiH2])c1ccccc1. The zero-order valence-corrected chi connectivity index (χ0v) is 13.7. The van der Waals surface area contributed by atoms with E-state index in [1.165, 1.54) is 7.11 Å². The standard InChI is InChI=1S/C12H15O2.Bi.2H/c1-4-12(2,11(13)14-3)10-8-6-5-7-9-10;;;/h5-9H,1,4H2,2-3H3;;;. The van der Waals surface area contributed by atoms with Gasteiger partial charge in [-0.1, -0.05) is 0 Å². The quantitative estimate of drug-likeness (QED) is 0.565. The Bertz CT molecular complexity index is 324. The van der Waals surface area contributed by atoms with Crippen LogP contribution in [0.15, 0.2) is 30.3 Å². The Morgan fingerprint density at radius 2 is 2.00 bits per heavy atom. The van der Waals surface area contributed by atoms with E-state index >= 15 is 0 Å². The Hall–Kier alpha value is -0.427. The summed E-state index contributed by atoms with van der Waals surface area (Å²) in [5, 5.41) is 0. The fourth-order valence-electron chi connectivity index (χ4n) is 1.68. The van der Waals surface area contributed by atoms with E-state index in [1.54, 1.807) is 0 Å². The van der Waals surface area contributed by atoms with E-state index in [-0.39, 0.29) is 5.97 Å². The van der Waals surface area contributed by atoms with E-state index in [9.17, 15) is 4.79 Å². The van der Waals surface area contributed by atoms with E-state index in [4.69, 9.17) is 4.74 Å². The second-order valence-corrected chi connectivity index (χ2v) is 5.97. The molecule has 0 N–H and O–H groups in total. The minimum absolute atomic E-state index is 0.130. The van der Waals surface area contributed by atoms with Crippen molar-refractivity contribution in [1.29, 1.82) is 0 Å². The zero-order valence-electron chi connectivity index (χ0n) is 9.19. The zero-order chi connectivity index (χ0) is 11.3. The van der Waals surface area contributed by atoms with Crippen molar-refractivity contribution in [2.45, 2.75) is 22.9 Å². The molecule has 1 unspecified atom stereocenters. The number of benzene rings is 1. The molecule has 82 valence electrons. The van der Waals surface area contributed by atoms with Gasteiger partial charge in [-0.3, -0.25) is 0 Å². The summed E-state index contributed by atoms with van der Waals surface area (Å²) in [5.41, 5.74) is 0.586. The molecule has 0 saturated carbocycles. The van der Waals surface area contributed by atoms with Crippen LogP contribution in [0.5, 0.6) is 0 Å². The maximum atomic E-state index is 11.8. The minimum atomic E-state index is -0.467. The van der Waals surface area contributed by atoms with Gasteiger partial charge >= 0.3 is 106 Å². The summed E-state index contributed by atoms with van der Waals surface area (Å²) in [6.45, 7) is 1.97. The van der Waals surface area contributed by atoms with Crippen LogP contribution < -0.4 is 0 Å². The van der Waals surface area contributed by atoms with Crippen LogP contribution in [0, 0.1) is 0 Å². The van der Waals surface area contributed by atoms with Crippen molar-refractivity contribution in [3.8, 4) is 0 Å². The van der Waals surface area contributed by atoms with Crippen molar-refractivity contribution in [3.63, 3.8) is 0 Å². The van der Waals surface area contributed by atoms with Crippen LogP contribution in [0.1, 0.15) is 18.9 Å². The van der Waals surface area contributed by atoms with Gasteiger partial charge in [-0.2, -0.15) is 0 Å². The van der Waals surface area contributed by atoms with Gasteiger partial charge in [0.1, 0.15) is 0 Å². The van der Waals surface area contributed by atoms with Crippen molar-refractivity contribution in [2.75, 3.05) is 7.11 Å². The van der Waals surface area contributed by atoms with Gasteiger partial charge in [-0.05, 0) is 0 Å². The first-order chi connectivity index (χ1) is 7.15. The van der Waals surface area contributed by atoms with Crippen LogP contribution in [-0.2, 0) is 14.9 Å². The van der Waals surface area contributed by atoms with Crippen molar-refractivity contribution >= 4 is 30.7 Å². The van der Waals surface area contributed by atoms with Crippen LogP contribution in [0.25, 0.3) is 0 Å². The predicted octanol–water partition coefficient (Wildman–Crippen LogP) is 1.56. The summed E-state index contributed by atoms with van der Waals surface area (Å²) in [7, 11) is 1.46. The third kappa shape index (κ3) is 2.78. The molecule has 2 nitrogen and oxygen atoms in total. The summed E-state index contributed by atoms with van der Waals surface area (Å²) < 4.78 is 6.03. The number of hydrogen-bond donors (Lipinski definition) is 0. The van der Waals surface area contributed by atoms with Gasteiger partial charge < -0.3 is 0 Å². The van der Waals surface area contributed by atoms with Crippen molar-refractivity contribution in [3.05, 3.63) is 35.9 Å². The molecule has 0 spiro atoms. The number of methoxy groups -OCH3 is 1. The predicted molar refractivity (Wildman–Crippen MR) is 63.8 cm³/mol. The molecular weight excluding hydrogens is 385 g/mol. The van der Waals surface area contributed by atoms with Gasteiger partial charge in [0.15, 0.2) is 0 Å². The van der Waals surface area contributed by atoms with Crippen LogP contribution in [0.2, 0.25) is 4.13 Å². The molecule has 0 amide bonds. The molecule has 0 fully saturated rings. The Morgan fingerprint density at radius 3 is 2.47 bits per heavy atom. The number of carbonyl (C=O) groups is 1. The van der Waals surface area contributed by atoms with Gasteiger partial charge in [0, 0.05) is 0 Å². The molecule has 0 aliphatic carbocycles. The molecule has 0 heterocycles. The van der Waals surface area contributed by atoms with Crippen LogP contribution in [-0.4, -0.2) is 37.8 Å². The van der Waals surface area contributed by atoms with E-state index < -0.39 is 5.41 Å². The second-order valence-electron chi connectivity index (χ2n) is 3.73. The maximum absolute atomic E-state index is 11.8. The van der Waals surface area contributed by atoms with Crippen molar-refractivity contribution < 1.29 is 9.53 Å². The molecule has 1 aromatic rings.